The molecule has 0 aliphatic carbocycles. The summed E-state index contributed by atoms with van der Waals surface area (Å²) in [6.45, 7) is 3.07. The number of likely N-dealkylation sites (N-methyl/N-ethyl adjacent to an activating group) is 1. The lowest BCUT2D eigenvalue weighted by Gasteiger charge is -2.35. The molecule has 1 atom stereocenters. The quantitative estimate of drug-likeness (QED) is 0.933. The standard InChI is InChI=1S/C20H25NO3/c1-13-9-14(5-6-19(13)23-3)10-17-16-12-18(22)20(24-4)11-15(16)7-8-21(17)2/h5-6,9,11-12,17,22H,7-8,10H2,1-4H3. The second-order valence-electron chi connectivity index (χ2n) is 6.48. The molecule has 4 nitrogen and oxygen atoms in total. The number of nitrogens with zero attached hydrogens (tertiary/aromatic N) is 1. The Kier molecular flexibility index (Phi) is 4.67. The summed E-state index contributed by atoms with van der Waals surface area (Å²) in [4.78, 5) is 2.35. The number of rotatable bonds is 4. The molecule has 0 aromatic heterocycles. The van der Waals surface area contributed by atoms with E-state index in [1.807, 2.05) is 18.2 Å². The maximum Gasteiger partial charge on any atom is 0.160 e. The number of phenolic OH excluding ortho intramolecular Hbond substituents is 1. The van der Waals surface area contributed by atoms with Gasteiger partial charge in [-0.1, -0.05) is 12.1 Å². The Hall–Kier alpha value is -2.20. The highest BCUT2D eigenvalue weighted by Gasteiger charge is 2.26. The van der Waals surface area contributed by atoms with Gasteiger partial charge in [0.05, 0.1) is 14.2 Å². The van der Waals surface area contributed by atoms with E-state index in [9.17, 15) is 5.11 Å². The van der Waals surface area contributed by atoms with Crippen LogP contribution in [0.4, 0.5) is 0 Å². The summed E-state index contributed by atoms with van der Waals surface area (Å²) in [5.74, 6) is 1.68. The van der Waals surface area contributed by atoms with E-state index in [0.29, 0.717) is 5.75 Å². The lowest BCUT2D eigenvalue weighted by Crippen LogP contribution is -2.33. The van der Waals surface area contributed by atoms with Crippen molar-refractivity contribution in [1.29, 1.82) is 0 Å². The van der Waals surface area contributed by atoms with Gasteiger partial charge in [-0.25, -0.2) is 0 Å². The van der Waals surface area contributed by atoms with Crippen molar-refractivity contribution in [3.05, 3.63) is 52.6 Å². The first-order valence-corrected chi connectivity index (χ1v) is 8.27. The van der Waals surface area contributed by atoms with Gasteiger partial charge < -0.3 is 14.6 Å². The molecule has 0 radical (unpaired) electrons. The molecule has 0 saturated heterocycles. The number of phenols is 1. The molecule has 24 heavy (non-hydrogen) atoms. The SMILES string of the molecule is COc1ccc(CC2c3cc(O)c(OC)cc3CCN2C)cc1C. The monoisotopic (exact) mass is 327 g/mol. The van der Waals surface area contributed by atoms with Gasteiger partial charge in [0.1, 0.15) is 5.75 Å². The minimum atomic E-state index is 0.211. The second kappa shape index (κ2) is 6.73. The highest BCUT2D eigenvalue weighted by molar-refractivity contribution is 5.49. The Bertz CT molecular complexity index is 742. The third-order valence-corrected chi connectivity index (χ3v) is 4.95. The fourth-order valence-electron chi connectivity index (χ4n) is 3.56. The van der Waals surface area contributed by atoms with Crippen molar-refractivity contribution in [2.24, 2.45) is 0 Å². The molecule has 0 amide bonds. The van der Waals surface area contributed by atoms with Crippen LogP contribution in [0, 0.1) is 6.92 Å². The van der Waals surface area contributed by atoms with Crippen LogP contribution in [0.3, 0.4) is 0 Å². The zero-order valence-electron chi connectivity index (χ0n) is 14.8. The fraction of sp³-hybridized carbons (Fsp3) is 0.400. The minimum absolute atomic E-state index is 0.211. The Labute approximate surface area is 143 Å². The van der Waals surface area contributed by atoms with E-state index in [1.54, 1.807) is 14.2 Å². The molecule has 0 saturated carbocycles. The number of aryl methyl sites for hydroxylation is 1. The van der Waals surface area contributed by atoms with Crippen LogP contribution in [0.1, 0.15) is 28.3 Å². The summed E-state index contributed by atoms with van der Waals surface area (Å²) in [7, 11) is 5.43. The van der Waals surface area contributed by atoms with Crippen molar-refractivity contribution in [3.63, 3.8) is 0 Å². The van der Waals surface area contributed by atoms with Gasteiger partial charge >= 0.3 is 0 Å². The molecule has 1 N–H and O–H groups in total. The largest absolute Gasteiger partial charge is 0.504 e. The number of ether oxygens (including phenoxy) is 2. The van der Waals surface area contributed by atoms with Crippen molar-refractivity contribution in [2.45, 2.75) is 25.8 Å². The van der Waals surface area contributed by atoms with Gasteiger partial charge in [0.15, 0.2) is 11.5 Å². The summed E-state index contributed by atoms with van der Waals surface area (Å²) in [6, 6.07) is 10.4. The highest BCUT2D eigenvalue weighted by atomic mass is 16.5. The fourth-order valence-corrected chi connectivity index (χ4v) is 3.56. The van der Waals surface area contributed by atoms with E-state index in [-0.39, 0.29) is 11.8 Å². The zero-order chi connectivity index (χ0) is 17.3. The molecule has 2 aromatic rings. The Balaban J connectivity index is 1.94. The third-order valence-electron chi connectivity index (χ3n) is 4.95. The highest BCUT2D eigenvalue weighted by Crippen LogP contribution is 2.38. The lowest BCUT2D eigenvalue weighted by atomic mass is 9.88. The molecule has 0 spiro atoms. The van der Waals surface area contributed by atoms with Gasteiger partial charge in [-0.05, 0) is 67.3 Å². The number of hydrogen-bond donors (Lipinski definition) is 1. The first-order valence-electron chi connectivity index (χ1n) is 8.27. The van der Waals surface area contributed by atoms with E-state index in [0.717, 1.165) is 30.7 Å². The zero-order valence-corrected chi connectivity index (χ0v) is 14.8. The summed E-state index contributed by atoms with van der Waals surface area (Å²) in [6.07, 6.45) is 1.88. The van der Waals surface area contributed by atoms with Crippen LogP contribution in [0.5, 0.6) is 17.2 Å². The molecule has 0 fully saturated rings. The van der Waals surface area contributed by atoms with Crippen LogP contribution in [-0.2, 0) is 12.8 Å². The molecular formula is C20H25NO3. The first-order chi connectivity index (χ1) is 11.5. The van der Waals surface area contributed by atoms with Gasteiger partial charge in [-0.3, -0.25) is 4.90 Å². The maximum atomic E-state index is 10.2. The summed E-state index contributed by atoms with van der Waals surface area (Å²) < 4.78 is 10.6. The van der Waals surface area contributed by atoms with Crippen molar-refractivity contribution in [3.8, 4) is 17.2 Å². The van der Waals surface area contributed by atoms with E-state index in [2.05, 4.69) is 31.0 Å². The smallest absolute Gasteiger partial charge is 0.160 e. The second-order valence-corrected chi connectivity index (χ2v) is 6.48. The number of hydrogen-bond acceptors (Lipinski definition) is 4. The van der Waals surface area contributed by atoms with Crippen LogP contribution in [0.2, 0.25) is 0 Å². The van der Waals surface area contributed by atoms with Crippen molar-refractivity contribution < 1.29 is 14.6 Å². The topological polar surface area (TPSA) is 41.9 Å². The molecule has 1 unspecified atom stereocenters. The molecule has 1 aliphatic heterocycles. The summed E-state index contributed by atoms with van der Waals surface area (Å²) in [5.41, 5.74) is 4.87. The van der Waals surface area contributed by atoms with Crippen LogP contribution in [-0.4, -0.2) is 37.8 Å². The molecule has 1 aliphatic rings. The van der Waals surface area contributed by atoms with Crippen LogP contribution < -0.4 is 9.47 Å². The average molecular weight is 327 g/mol. The maximum absolute atomic E-state index is 10.2. The number of benzene rings is 2. The minimum Gasteiger partial charge on any atom is -0.504 e. The molecule has 0 bridgehead atoms. The third kappa shape index (κ3) is 3.06. The number of methoxy groups -OCH3 is 2. The predicted molar refractivity (Wildman–Crippen MR) is 95.2 cm³/mol. The Morgan fingerprint density at radius 2 is 1.88 bits per heavy atom. The van der Waals surface area contributed by atoms with Crippen molar-refractivity contribution in [1.82, 2.24) is 4.90 Å². The Morgan fingerprint density at radius 1 is 1.12 bits per heavy atom. The molecular weight excluding hydrogens is 302 g/mol. The van der Waals surface area contributed by atoms with Gasteiger partial charge in [-0.15, -0.1) is 0 Å². The van der Waals surface area contributed by atoms with Crippen LogP contribution in [0.25, 0.3) is 0 Å². The molecule has 4 heteroatoms. The van der Waals surface area contributed by atoms with E-state index in [1.165, 1.54) is 16.7 Å². The van der Waals surface area contributed by atoms with Crippen LogP contribution in [0.15, 0.2) is 30.3 Å². The first kappa shape index (κ1) is 16.7. The predicted octanol–water partition coefficient (Wildman–Crippen LogP) is 3.49. The van der Waals surface area contributed by atoms with Gasteiger partial charge in [0.25, 0.3) is 0 Å². The number of fused-ring (bicyclic) bond motifs is 1. The summed E-state index contributed by atoms with van der Waals surface area (Å²) in [5, 5.41) is 10.2. The van der Waals surface area contributed by atoms with Crippen molar-refractivity contribution >= 4 is 0 Å². The van der Waals surface area contributed by atoms with Gasteiger partial charge in [0.2, 0.25) is 0 Å². The van der Waals surface area contributed by atoms with Gasteiger partial charge in [0, 0.05) is 12.6 Å². The number of aromatic hydroxyl groups is 1. The summed E-state index contributed by atoms with van der Waals surface area (Å²) >= 11 is 0. The van der Waals surface area contributed by atoms with Gasteiger partial charge in [-0.2, -0.15) is 0 Å². The van der Waals surface area contributed by atoms with Crippen LogP contribution >= 0.6 is 0 Å². The van der Waals surface area contributed by atoms with E-state index in [4.69, 9.17) is 9.47 Å². The molecule has 1 heterocycles. The van der Waals surface area contributed by atoms with E-state index < -0.39 is 0 Å². The molecule has 2 aromatic carbocycles. The lowest BCUT2D eigenvalue weighted by molar-refractivity contribution is 0.228. The van der Waals surface area contributed by atoms with Crippen molar-refractivity contribution in [2.75, 3.05) is 27.8 Å². The normalized spacial score (nSPS) is 17.4. The molecule has 128 valence electrons. The molecule has 3 rings (SSSR count). The average Bonchev–Trinajstić information content (AvgIpc) is 2.57. The van der Waals surface area contributed by atoms with E-state index >= 15 is 0 Å². The Morgan fingerprint density at radius 3 is 2.54 bits per heavy atom.